The summed E-state index contributed by atoms with van der Waals surface area (Å²) in [5.74, 6) is -0.0938. The van der Waals surface area contributed by atoms with E-state index in [4.69, 9.17) is 21.6 Å². The molecular weight excluding hydrogens is 214 g/mol. The molecule has 0 fully saturated rings. The minimum absolute atomic E-state index is 0.0841. The van der Waals surface area contributed by atoms with Gasteiger partial charge in [-0.2, -0.15) is 5.26 Å². The summed E-state index contributed by atoms with van der Waals surface area (Å²) in [5, 5.41) is 8.69. The Morgan fingerprint density at radius 3 is 3.00 bits per heavy atom. The SMILES string of the molecule is Cc1ccc(Cl)c(OC(=O)CCC#N)c1. The summed E-state index contributed by atoms with van der Waals surface area (Å²) in [6, 6.07) is 7.06. The van der Waals surface area contributed by atoms with E-state index in [9.17, 15) is 4.79 Å². The molecule has 0 spiro atoms. The van der Waals surface area contributed by atoms with Gasteiger partial charge in [-0.1, -0.05) is 17.7 Å². The number of nitriles is 1. The largest absolute Gasteiger partial charge is 0.425 e. The number of aryl methyl sites for hydroxylation is 1. The molecule has 0 aromatic heterocycles. The van der Waals surface area contributed by atoms with Crippen LogP contribution >= 0.6 is 11.6 Å². The Balaban J connectivity index is 2.68. The van der Waals surface area contributed by atoms with E-state index in [1.54, 1.807) is 12.1 Å². The summed E-state index contributed by atoms with van der Waals surface area (Å²) in [6.45, 7) is 1.88. The first kappa shape index (κ1) is 11.5. The predicted molar refractivity (Wildman–Crippen MR) is 56.7 cm³/mol. The molecule has 0 atom stereocenters. The molecule has 0 bridgehead atoms. The summed E-state index contributed by atoms with van der Waals surface area (Å²) in [6.07, 6.45) is 0.239. The summed E-state index contributed by atoms with van der Waals surface area (Å²) in [4.78, 5) is 11.2. The van der Waals surface area contributed by atoms with Gasteiger partial charge in [0.1, 0.15) is 5.75 Å². The van der Waals surface area contributed by atoms with Crippen molar-refractivity contribution < 1.29 is 9.53 Å². The number of rotatable bonds is 3. The van der Waals surface area contributed by atoms with Gasteiger partial charge in [0, 0.05) is 6.42 Å². The highest BCUT2D eigenvalue weighted by molar-refractivity contribution is 6.32. The molecule has 0 N–H and O–H groups in total. The lowest BCUT2D eigenvalue weighted by Gasteiger charge is -2.05. The molecule has 0 unspecified atom stereocenters. The third-order valence-corrected chi connectivity index (χ3v) is 2.06. The molecular formula is C11H10ClNO2. The summed E-state index contributed by atoms with van der Waals surface area (Å²) < 4.78 is 5.01. The average Bonchev–Trinajstić information content (AvgIpc) is 2.20. The van der Waals surface area contributed by atoms with Gasteiger partial charge < -0.3 is 4.74 Å². The Bertz CT molecular complexity index is 410. The van der Waals surface area contributed by atoms with Gasteiger partial charge in [0.25, 0.3) is 0 Å². The van der Waals surface area contributed by atoms with Gasteiger partial charge in [-0.05, 0) is 24.6 Å². The smallest absolute Gasteiger partial charge is 0.312 e. The zero-order valence-corrected chi connectivity index (χ0v) is 9.04. The number of esters is 1. The maximum Gasteiger partial charge on any atom is 0.312 e. The van der Waals surface area contributed by atoms with Crippen molar-refractivity contribution in [3.63, 3.8) is 0 Å². The second-order valence-corrected chi connectivity index (χ2v) is 3.47. The van der Waals surface area contributed by atoms with Gasteiger partial charge >= 0.3 is 5.97 Å². The lowest BCUT2D eigenvalue weighted by atomic mass is 10.2. The van der Waals surface area contributed by atoms with E-state index < -0.39 is 5.97 Å². The normalized spacial score (nSPS) is 9.40. The lowest BCUT2D eigenvalue weighted by Crippen LogP contribution is -2.07. The number of carbonyl (C=O) groups is 1. The molecule has 0 saturated heterocycles. The number of ether oxygens (including phenoxy) is 1. The van der Waals surface area contributed by atoms with Crippen molar-refractivity contribution >= 4 is 17.6 Å². The fourth-order valence-corrected chi connectivity index (χ4v) is 1.18. The zero-order chi connectivity index (χ0) is 11.3. The van der Waals surface area contributed by atoms with Crippen LogP contribution in [-0.2, 0) is 4.79 Å². The van der Waals surface area contributed by atoms with Crippen LogP contribution in [-0.4, -0.2) is 5.97 Å². The number of hydrogen-bond acceptors (Lipinski definition) is 3. The maximum absolute atomic E-state index is 11.2. The Hall–Kier alpha value is -1.53. The van der Waals surface area contributed by atoms with Crippen molar-refractivity contribution in [3.05, 3.63) is 28.8 Å². The molecule has 0 radical (unpaired) electrons. The van der Waals surface area contributed by atoms with Crippen LogP contribution in [0.5, 0.6) is 5.75 Å². The van der Waals surface area contributed by atoms with Crippen LogP contribution in [0.2, 0.25) is 5.02 Å². The second-order valence-electron chi connectivity index (χ2n) is 3.07. The predicted octanol–water partition coefficient (Wildman–Crippen LogP) is 2.86. The van der Waals surface area contributed by atoms with E-state index in [0.717, 1.165) is 5.56 Å². The van der Waals surface area contributed by atoms with Gasteiger partial charge in [0.2, 0.25) is 0 Å². The number of nitrogens with zero attached hydrogens (tertiary/aromatic N) is 1. The first-order chi connectivity index (χ1) is 7.13. The molecule has 0 saturated carbocycles. The van der Waals surface area contributed by atoms with Crippen LogP contribution in [0.25, 0.3) is 0 Å². The fourth-order valence-electron chi connectivity index (χ4n) is 1.02. The second kappa shape index (κ2) is 5.38. The van der Waals surface area contributed by atoms with Crippen molar-refractivity contribution in [1.82, 2.24) is 0 Å². The molecule has 1 rings (SSSR count). The molecule has 0 heterocycles. The third-order valence-electron chi connectivity index (χ3n) is 1.75. The van der Waals surface area contributed by atoms with Gasteiger partial charge in [0.15, 0.2) is 0 Å². The van der Waals surface area contributed by atoms with E-state index in [-0.39, 0.29) is 12.8 Å². The van der Waals surface area contributed by atoms with Crippen molar-refractivity contribution in [1.29, 1.82) is 5.26 Å². The Labute approximate surface area is 93.2 Å². The minimum Gasteiger partial charge on any atom is -0.425 e. The zero-order valence-electron chi connectivity index (χ0n) is 8.29. The van der Waals surface area contributed by atoms with Crippen LogP contribution in [0, 0.1) is 18.3 Å². The topological polar surface area (TPSA) is 50.1 Å². The van der Waals surface area contributed by atoms with Crippen LogP contribution in [0.1, 0.15) is 18.4 Å². The van der Waals surface area contributed by atoms with E-state index in [1.165, 1.54) is 0 Å². The lowest BCUT2D eigenvalue weighted by molar-refractivity contribution is -0.134. The summed E-state index contributed by atoms with van der Waals surface area (Å²) >= 11 is 5.83. The first-order valence-corrected chi connectivity index (χ1v) is 4.85. The summed E-state index contributed by atoms with van der Waals surface area (Å²) in [5.41, 5.74) is 0.961. The first-order valence-electron chi connectivity index (χ1n) is 4.47. The van der Waals surface area contributed by atoms with Crippen LogP contribution < -0.4 is 4.74 Å². The Morgan fingerprint density at radius 1 is 1.60 bits per heavy atom. The highest BCUT2D eigenvalue weighted by atomic mass is 35.5. The monoisotopic (exact) mass is 223 g/mol. The maximum atomic E-state index is 11.2. The highest BCUT2D eigenvalue weighted by Crippen LogP contribution is 2.25. The summed E-state index contributed by atoms with van der Waals surface area (Å²) in [7, 11) is 0. The van der Waals surface area contributed by atoms with E-state index in [0.29, 0.717) is 10.8 Å². The van der Waals surface area contributed by atoms with E-state index >= 15 is 0 Å². The van der Waals surface area contributed by atoms with Crippen molar-refractivity contribution in [2.75, 3.05) is 0 Å². The van der Waals surface area contributed by atoms with E-state index in [2.05, 4.69) is 0 Å². The van der Waals surface area contributed by atoms with Crippen molar-refractivity contribution in [2.24, 2.45) is 0 Å². The number of carbonyl (C=O) groups excluding carboxylic acids is 1. The standard InChI is InChI=1S/C11H10ClNO2/c1-8-4-5-9(12)10(7-8)15-11(14)3-2-6-13/h4-5,7H,2-3H2,1H3. The molecule has 3 nitrogen and oxygen atoms in total. The number of halogens is 1. The van der Waals surface area contributed by atoms with Crippen LogP contribution in [0.3, 0.4) is 0 Å². The molecule has 15 heavy (non-hydrogen) atoms. The van der Waals surface area contributed by atoms with Gasteiger partial charge in [-0.25, -0.2) is 0 Å². The highest BCUT2D eigenvalue weighted by Gasteiger charge is 2.07. The molecule has 4 heteroatoms. The number of benzene rings is 1. The average molecular weight is 224 g/mol. The third kappa shape index (κ3) is 3.61. The molecule has 0 amide bonds. The minimum atomic E-state index is -0.441. The Morgan fingerprint density at radius 2 is 2.33 bits per heavy atom. The Kier molecular flexibility index (Phi) is 4.14. The van der Waals surface area contributed by atoms with Crippen LogP contribution in [0.4, 0.5) is 0 Å². The molecule has 0 aliphatic heterocycles. The van der Waals surface area contributed by atoms with E-state index in [1.807, 2.05) is 19.1 Å². The van der Waals surface area contributed by atoms with Crippen molar-refractivity contribution in [3.8, 4) is 11.8 Å². The van der Waals surface area contributed by atoms with Gasteiger partial charge in [-0.15, -0.1) is 0 Å². The number of hydrogen-bond donors (Lipinski definition) is 0. The molecule has 1 aromatic carbocycles. The van der Waals surface area contributed by atoms with Crippen LogP contribution in [0.15, 0.2) is 18.2 Å². The quantitative estimate of drug-likeness (QED) is 0.585. The molecule has 0 aliphatic rings. The fraction of sp³-hybridized carbons (Fsp3) is 0.273. The molecule has 78 valence electrons. The molecule has 1 aromatic rings. The van der Waals surface area contributed by atoms with Gasteiger partial charge in [0.05, 0.1) is 17.5 Å². The van der Waals surface area contributed by atoms with Gasteiger partial charge in [-0.3, -0.25) is 4.79 Å². The molecule has 0 aliphatic carbocycles. The van der Waals surface area contributed by atoms with Crippen molar-refractivity contribution in [2.45, 2.75) is 19.8 Å².